The number of rotatable bonds is 7. The Hall–Kier alpha value is -1.97. The van der Waals surface area contributed by atoms with Gasteiger partial charge in [-0.1, -0.05) is 77.8 Å². The van der Waals surface area contributed by atoms with Crippen LogP contribution in [0.4, 0.5) is 0 Å². The number of hydrogen-bond donors (Lipinski definition) is 0. The maximum Gasteiger partial charge on any atom is 0.589 e. The molecule has 0 aliphatic carbocycles. The predicted octanol–water partition coefficient (Wildman–Crippen LogP) is 6.86. The van der Waals surface area contributed by atoms with E-state index in [9.17, 15) is 4.57 Å². The second-order valence-corrected chi connectivity index (χ2v) is 7.47. The minimum atomic E-state index is -4.10. The number of hydrogen-bond acceptors (Lipinski definition) is 4. The summed E-state index contributed by atoms with van der Waals surface area (Å²) < 4.78 is 29.8. The third-order valence-electron chi connectivity index (χ3n) is 3.29. The van der Waals surface area contributed by atoms with E-state index in [1.54, 1.807) is 72.8 Å². The van der Waals surface area contributed by atoms with E-state index >= 15 is 0 Å². The van der Waals surface area contributed by atoms with Crippen LogP contribution in [0.2, 0.25) is 5.02 Å². The van der Waals surface area contributed by atoms with E-state index in [1.807, 2.05) is 12.1 Å². The summed E-state index contributed by atoms with van der Waals surface area (Å²) in [6, 6.07) is 24.0. The third kappa shape index (κ3) is 5.03. The topological polar surface area (TPSA) is 44.8 Å². The lowest BCUT2D eigenvalue weighted by molar-refractivity contribution is 0.192. The van der Waals surface area contributed by atoms with Gasteiger partial charge in [0.25, 0.3) is 0 Å². The third-order valence-corrected chi connectivity index (χ3v) is 5.42. The fourth-order valence-electron chi connectivity index (χ4n) is 2.11. The first-order chi connectivity index (χ1) is 12.6. The average molecular weight is 409 g/mol. The number of alkyl halides is 1. The van der Waals surface area contributed by atoms with Gasteiger partial charge in [0.2, 0.25) is 0 Å². The van der Waals surface area contributed by atoms with E-state index in [0.29, 0.717) is 22.1 Å². The molecule has 0 N–H and O–H groups in total. The molecule has 0 fully saturated rings. The molecule has 0 spiro atoms. The van der Waals surface area contributed by atoms with Gasteiger partial charge in [0.15, 0.2) is 5.56 Å². The molecule has 0 radical (unpaired) electrons. The standard InChI is InChI=1S/C19H15Cl2O4P/c20-18-14-8-7-13-17(18)19(21)25-26(22,23-15-9-3-1-4-10-15)24-16-11-5-2-6-12-16/h1-14,19H. The summed E-state index contributed by atoms with van der Waals surface area (Å²) in [5.74, 6) is 0.657. The highest BCUT2D eigenvalue weighted by Gasteiger charge is 2.35. The van der Waals surface area contributed by atoms with Crippen LogP contribution in [0.1, 0.15) is 11.1 Å². The molecular formula is C19H15Cl2O4P. The van der Waals surface area contributed by atoms with E-state index in [0.717, 1.165) is 0 Å². The first-order valence-electron chi connectivity index (χ1n) is 7.72. The van der Waals surface area contributed by atoms with Crippen molar-refractivity contribution in [3.63, 3.8) is 0 Å². The molecule has 1 unspecified atom stereocenters. The van der Waals surface area contributed by atoms with Crippen LogP contribution >= 0.6 is 31.0 Å². The van der Waals surface area contributed by atoms with Crippen molar-refractivity contribution in [2.24, 2.45) is 0 Å². The molecule has 0 amide bonds. The largest absolute Gasteiger partial charge is 0.589 e. The van der Waals surface area contributed by atoms with Crippen molar-refractivity contribution < 1.29 is 18.1 Å². The Morgan fingerprint density at radius 2 is 1.19 bits per heavy atom. The van der Waals surface area contributed by atoms with Crippen LogP contribution in [-0.2, 0) is 9.09 Å². The normalized spacial score (nSPS) is 12.4. The molecule has 0 aliphatic rings. The van der Waals surface area contributed by atoms with Crippen LogP contribution in [0.5, 0.6) is 11.5 Å². The second-order valence-electron chi connectivity index (χ2n) is 5.20. The van der Waals surface area contributed by atoms with Crippen molar-refractivity contribution in [2.45, 2.75) is 5.56 Å². The molecule has 1 atom stereocenters. The summed E-state index contributed by atoms with van der Waals surface area (Å²) in [6.07, 6.45) is 0. The van der Waals surface area contributed by atoms with Gasteiger partial charge in [-0.25, -0.2) is 9.09 Å². The molecule has 0 heterocycles. The van der Waals surface area contributed by atoms with Gasteiger partial charge in [-0.05, 0) is 30.3 Å². The lowest BCUT2D eigenvalue weighted by Gasteiger charge is -2.22. The molecule has 0 saturated carbocycles. The fraction of sp³-hybridized carbons (Fsp3) is 0.0526. The van der Waals surface area contributed by atoms with E-state index < -0.39 is 13.4 Å². The molecule has 3 aromatic carbocycles. The lowest BCUT2D eigenvalue weighted by Crippen LogP contribution is -2.07. The highest BCUT2D eigenvalue weighted by Crippen LogP contribution is 2.54. The zero-order valence-corrected chi connectivity index (χ0v) is 15.9. The number of para-hydroxylation sites is 2. The Labute approximate surface area is 161 Å². The quantitative estimate of drug-likeness (QED) is 0.316. The SMILES string of the molecule is O=P(Oc1ccccc1)(Oc1ccccc1)OC(Cl)c1ccccc1Cl. The van der Waals surface area contributed by atoms with Crippen LogP contribution in [0.3, 0.4) is 0 Å². The lowest BCUT2D eigenvalue weighted by atomic mass is 10.2. The number of halogens is 2. The van der Waals surface area contributed by atoms with Crippen LogP contribution in [0, 0.1) is 0 Å². The summed E-state index contributed by atoms with van der Waals surface area (Å²) in [6.45, 7) is 0. The zero-order valence-electron chi connectivity index (χ0n) is 13.5. The van der Waals surface area contributed by atoms with Gasteiger partial charge in [0.1, 0.15) is 11.5 Å². The molecule has 0 aliphatic heterocycles. The monoisotopic (exact) mass is 408 g/mol. The van der Waals surface area contributed by atoms with Crippen molar-refractivity contribution in [3.05, 3.63) is 95.5 Å². The summed E-state index contributed by atoms with van der Waals surface area (Å²) in [4.78, 5) is 0. The molecule has 3 aromatic rings. The van der Waals surface area contributed by atoms with Crippen molar-refractivity contribution in [2.75, 3.05) is 0 Å². The molecular weight excluding hydrogens is 394 g/mol. The highest BCUT2D eigenvalue weighted by atomic mass is 35.5. The summed E-state index contributed by atoms with van der Waals surface area (Å²) in [5, 5.41) is 0.387. The van der Waals surface area contributed by atoms with E-state index in [4.69, 9.17) is 36.8 Å². The molecule has 26 heavy (non-hydrogen) atoms. The van der Waals surface area contributed by atoms with Gasteiger partial charge in [0, 0.05) is 10.6 Å². The van der Waals surface area contributed by atoms with Crippen molar-refractivity contribution >= 4 is 31.0 Å². The molecule has 0 bridgehead atoms. The molecule has 4 nitrogen and oxygen atoms in total. The Balaban J connectivity index is 1.87. The Kier molecular flexibility index (Phi) is 6.23. The predicted molar refractivity (Wildman–Crippen MR) is 103 cm³/mol. The van der Waals surface area contributed by atoms with E-state index in [-0.39, 0.29) is 0 Å². The fourth-order valence-corrected chi connectivity index (χ4v) is 4.11. The van der Waals surface area contributed by atoms with Crippen LogP contribution in [0.25, 0.3) is 0 Å². The van der Waals surface area contributed by atoms with Crippen molar-refractivity contribution in [3.8, 4) is 11.5 Å². The van der Waals surface area contributed by atoms with Crippen LogP contribution < -0.4 is 9.05 Å². The summed E-state index contributed by atoms with van der Waals surface area (Å²) in [5.41, 5.74) is -0.661. The number of phosphoric ester groups is 1. The molecule has 0 saturated heterocycles. The van der Waals surface area contributed by atoms with Gasteiger partial charge in [0.05, 0.1) is 0 Å². The highest BCUT2D eigenvalue weighted by molar-refractivity contribution is 7.49. The van der Waals surface area contributed by atoms with Crippen LogP contribution in [0.15, 0.2) is 84.9 Å². The number of phosphoric acid groups is 1. The van der Waals surface area contributed by atoms with Gasteiger partial charge in [-0.3, -0.25) is 0 Å². The smallest absolute Gasteiger partial charge is 0.395 e. The Morgan fingerprint density at radius 1 is 0.731 bits per heavy atom. The Bertz CT molecular complexity index is 845. The van der Waals surface area contributed by atoms with E-state index in [2.05, 4.69) is 0 Å². The molecule has 0 aromatic heterocycles. The van der Waals surface area contributed by atoms with Gasteiger partial charge in [-0.2, -0.15) is 0 Å². The first kappa shape index (κ1) is 18.8. The minimum Gasteiger partial charge on any atom is -0.395 e. The molecule has 134 valence electrons. The second kappa shape index (κ2) is 8.61. The van der Waals surface area contributed by atoms with Gasteiger partial charge < -0.3 is 9.05 Å². The summed E-state index contributed by atoms with van der Waals surface area (Å²) >= 11 is 12.4. The first-order valence-corrected chi connectivity index (χ1v) is 9.99. The molecule has 7 heteroatoms. The maximum atomic E-state index is 13.3. The Morgan fingerprint density at radius 3 is 1.69 bits per heavy atom. The minimum absolute atomic E-state index is 0.329. The average Bonchev–Trinajstić information content (AvgIpc) is 2.63. The van der Waals surface area contributed by atoms with Crippen molar-refractivity contribution in [1.82, 2.24) is 0 Å². The van der Waals surface area contributed by atoms with Gasteiger partial charge in [-0.15, -0.1) is 0 Å². The zero-order chi connectivity index (χ0) is 18.4. The van der Waals surface area contributed by atoms with Crippen LogP contribution in [-0.4, -0.2) is 0 Å². The van der Waals surface area contributed by atoms with Gasteiger partial charge >= 0.3 is 7.82 Å². The maximum absolute atomic E-state index is 13.3. The van der Waals surface area contributed by atoms with Crippen molar-refractivity contribution in [1.29, 1.82) is 0 Å². The summed E-state index contributed by atoms with van der Waals surface area (Å²) in [7, 11) is -4.10. The molecule has 3 rings (SSSR count). The van der Waals surface area contributed by atoms with E-state index in [1.165, 1.54) is 0 Å². The number of benzene rings is 3.